The summed E-state index contributed by atoms with van der Waals surface area (Å²) in [7, 11) is -1.31. The first kappa shape index (κ1) is 19.9. The maximum absolute atomic E-state index is 12.5. The van der Waals surface area contributed by atoms with E-state index in [1.165, 1.54) is 13.0 Å². The number of esters is 1. The molecule has 0 unspecified atom stereocenters. The highest BCUT2D eigenvalue weighted by Crippen LogP contribution is 2.32. The van der Waals surface area contributed by atoms with E-state index in [4.69, 9.17) is 14.2 Å². The van der Waals surface area contributed by atoms with E-state index in [0.717, 1.165) is 0 Å². The Morgan fingerprint density at radius 1 is 1.14 bits per heavy atom. The normalized spacial score (nSPS) is 14.6. The van der Waals surface area contributed by atoms with Crippen LogP contribution in [-0.4, -0.2) is 41.2 Å². The van der Waals surface area contributed by atoms with Crippen LogP contribution in [0.2, 0.25) is 0 Å². The van der Waals surface area contributed by atoms with Gasteiger partial charge in [-0.25, -0.2) is 4.79 Å². The van der Waals surface area contributed by atoms with Crippen molar-refractivity contribution in [3.8, 4) is 11.5 Å². The van der Waals surface area contributed by atoms with E-state index in [1.54, 1.807) is 43.3 Å². The van der Waals surface area contributed by atoms with E-state index in [9.17, 15) is 13.8 Å². The number of rotatable bonds is 6. The molecule has 0 saturated carbocycles. The third kappa shape index (κ3) is 4.51. The number of hydrogen-bond donors (Lipinski definition) is 1. The molecule has 0 radical (unpaired) electrons. The van der Waals surface area contributed by atoms with Gasteiger partial charge in [0.25, 0.3) is 5.91 Å². The van der Waals surface area contributed by atoms with Crippen molar-refractivity contribution in [2.24, 2.45) is 0 Å². The molecule has 28 heavy (non-hydrogen) atoms. The van der Waals surface area contributed by atoms with Crippen molar-refractivity contribution in [1.82, 2.24) is 0 Å². The summed E-state index contributed by atoms with van der Waals surface area (Å²) >= 11 is 0. The number of anilines is 1. The van der Waals surface area contributed by atoms with Gasteiger partial charge in [-0.15, -0.1) is 0 Å². The smallest absolute Gasteiger partial charge is 0.340 e. The van der Waals surface area contributed by atoms with Crippen molar-refractivity contribution in [3.05, 3.63) is 48.0 Å². The number of amides is 1. The zero-order valence-electron chi connectivity index (χ0n) is 15.6. The number of ether oxygens (including phenoxy) is 3. The number of carbonyl (C=O) groups is 2. The summed E-state index contributed by atoms with van der Waals surface area (Å²) < 4.78 is 28.3. The first-order valence-electron chi connectivity index (χ1n) is 8.88. The van der Waals surface area contributed by atoms with E-state index < -0.39 is 28.8 Å². The average Bonchev–Trinajstić information content (AvgIpc) is 2.72. The van der Waals surface area contributed by atoms with Crippen LogP contribution in [0.5, 0.6) is 11.5 Å². The first-order chi connectivity index (χ1) is 13.5. The van der Waals surface area contributed by atoms with Gasteiger partial charge in [0.05, 0.1) is 21.3 Å². The van der Waals surface area contributed by atoms with Crippen molar-refractivity contribution in [2.75, 3.05) is 24.3 Å². The zero-order valence-corrected chi connectivity index (χ0v) is 16.4. The van der Waals surface area contributed by atoms with E-state index in [2.05, 4.69) is 5.32 Å². The number of nitrogens with one attached hydrogen (secondary N) is 1. The Balaban J connectivity index is 1.66. The van der Waals surface area contributed by atoms with Crippen LogP contribution < -0.4 is 14.8 Å². The molecule has 3 rings (SSSR count). The topological polar surface area (TPSA) is 90.9 Å². The average molecular weight is 403 g/mol. The molecule has 1 aliphatic heterocycles. The summed E-state index contributed by atoms with van der Waals surface area (Å²) in [6, 6.07) is 11.6. The third-order valence-electron chi connectivity index (χ3n) is 4.08. The molecule has 1 heterocycles. The van der Waals surface area contributed by atoms with Gasteiger partial charge < -0.3 is 19.5 Å². The Kier molecular flexibility index (Phi) is 6.30. The fraction of sp³-hybridized carbons (Fsp3) is 0.300. The van der Waals surface area contributed by atoms with E-state index in [1.807, 2.05) is 0 Å². The van der Waals surface area contributed by atoms with Crippen LogP contribution in [0, 0.1) is 0 Å². The fourth-order valence-corrected chi connectivity index (χ4v) is 3.57. The van der Waals surface area contributed by atoms with Gasteiger partial charge in [-0.3, -0.25) is 9.00 Å². The molecule has 7 nitrogen and oxygen atoms in total. The van der Waals surface area contributed by atoms with Crippen LogP contribution in [0.15, 0.2) is 47.4 Å². The Morgan fingerprint density at radius 3 is 2.61 bits per heavy atom. The van der Waals surface area contributed by atoms with Crippen molar-refractivity contribution in [2.45, 2.75) is 24.8 Å². The summed E-state index contributed by atoms with van der Waals surface area (Å²) in [6.45, 7) is 4.17. The van der Waals surface area contributed by atoms with Gasteiger partial charge in [-0.1, -0.05) is 19.1 Å². The molecule has 8 heteroatoms. The molecule has 1 N–H and O–H groups in total. The minimum atomic E-state index is -1.31. The lowest BCUT2D eigenvalue weighted by Crippen LogP contribution is -2.30. The van der Waals surface area contributed by atoms with Gasteiger partial charge in [-0.05, 0) is 31.2 Å². The first-order valence-corrected chi connectivity index (χ1v) is 10.2. The maximum Gasteiger partial charge on any atom is 0.340 e. The van der Waals surface area contributed by atoms with Gasteiger partial charge in [0, 0.05) is 17.5 Å². The molecule has 0 saturated heterocycles. The van der Waals surface area contributed by atoms with Crippen LogP contribution in [0.25, 0.3) is 0 Å². The molecule has 0 bridgehead atoms. The van der Waals surface area contributed by atoms with E-state index >= 15 is 0 Å². The molecule has 2 atom stereocenters. The van der Waals surface area contributed by atoms with Crippen LogP contribution in [0.1, 0.15) is 24.2 Å². The molecule has 0 aromatic heterocycles. The van der Waals surface area contributed by atoms with Gasteiger partial charge in [0.1, 0.15) is 13.2 Å². The van der Waals surface area contributed by atoms with Crippen molar-refractivity contribution >= 4 is 28.4 Å². The Bertz CT molecular complexity index is 913. The Labute approximate surface area is 165 Å². The van der Waals surface area contributed by atoms with Gasteiger partial charge in [0.2, 0.25) is 0 Å². The van der Waals surface area contributed by atoms with E-state index in [-0.39, 0.29) is 5.56 Å². The second kappa shape index (κ2) is 8.88. The zero-order chi connectivity index (χ0) is 20.1. The maximum atomic E-state index is 12.5. The molecule has 1 amide bonds. The second-order valence-electron chi connectivity index (χ2n) is 6.03. The van der Waals surface area contributed by atoms with Crippen molar-refractivity contribution in [1.29, 1.82) is 0 Å². The fourth-order valence-electron chi connectivity index (χ4n) is 2.63. The SMILES string of the molecule is CC[S@](=O)c1ccccc1C(=O)O[C@@H](C)C(=O)Nc1ccc2c(c1)OCCO2. The van der Waals surface area contributed by atoms with Crippen LogP contribution in [-0.2, 0) is 20.3 Å². The highest BCUT2D eigenvalue weighted by molar-refractivity contribution is 7.85. The lowest BCUT2D eigenvalue weighted by molar-refractivity contribution is -0.123. The van der Waals surface area contributed by atoms with Crippen molar-refractivity contribution < 1.29 is 28.0 Å². The highest BCUT2D eigenvalue weighted by Gasteiger charge is 2.23. The summed E-state index contributed by atoms with van der Waals surface area (Å²) in [4.78, 5) is 25.3. The summed E-state index contributed by atoms with van der Waals surface area (Å²) in [6.07, 6.45) is -1.04. The summed E-state index contributed by atoms with van der Waals surface area (Å²) in [5.74, 6) is 0.361. The minimum Gasteiger partial charge on any atom is -0.486 e. The number of benzene rings is 2. The van der Waals surface area contributed by atoms with Gasteiger partial charge in [0.15, 0.2) is 17.6 Å². The molecule has 0 aliphatic carbocycles. The Morgan fingerprint density at radius 2 is 1.86 bits per heavy atom. The van der Waals surface area contributed by atoms with E-state index in [0.29, 0.717) is 41.0 Å². The second-order valence-corrected chi connectivity index (χ2v) is 7.73. The third-order valence-corrected chi connectivity index (χ3v) is 5.45. The predicted octanol–water partition coefficient (Wildman–Crippen LogP) is 2.77. The molecule has 1 aliphatic rings. The van der Waals surface area contributed by atoms with Crippen LogP contribution in [0.3, 0.4) is 0 Å². The molecule has 0 fully saturated rings. The molecular formula is C20H21NO6S. The number of carbonyl (C=O) groups excluding carboxylic acids is 2. The molecular weight excluding hydrogens is 382 g/mol. The lowest BCUT2D eigenvalue weighted by atomic mass is 10.2. The van der Waals surface area contributed by atoms with Gasteiger partial charge in [-0.2, -0.15) is 0 Å². The molecule has 2 aromatic rings. The molecule has 2 aromatic carbocycles. The van der Waals surface area contributed by atoms with Crippen LogP contribution in [0.4, 0.5) is 5.69 Å². The minimum absolute atomic E-state index is 0.196. The molecule has 0 spiro atoms. The van der Waals surface area contributed by atoms with Crippen LogP contribution >= 0.6 is 0 Å². The Hall–Kier alpha value is -2.87. The monoisotopic (exact) mass is 403 g/mol. The molecule has 148 valence electrons. The largest absolute Gasteiger partial charge is 0.486 e. The lowest BCUT2D eigenvalue weighted by Gasteiger charge is -2.19. The van der Waals surface area contributed by atoms with Gasteiger partial charge >= 0.3 is 5.97 Å². The highest BCUT2D eigenvalue weighted by atomic mass is 32.2. The summed E-state index contributed by atoms with van der Waals surface area (Å²) in [5, 5.41) is 2.69. The predicted molar refractivity (Wildman–Crippen MR) is 104 cm³/mol. The number of hydrogen-bond acceptors (Lipinski definition) is 6. The number of fused-ring (bicyclic) bond motifs is 1. The quantitative estimate of drug-likeness (QED) is 0.746. The summed E-state index contributed by atoms with van der Waals surface area (Å²) in [5.41, 5.74) is 0.700. The van der Waals surface area contributed by atoms with Crippen molar-refractivity contribution in [3.63, 3.8) is 0 Å². The standard InChI is InChI=1S/C20H21NO6S/c1-3-28(24)18-7-5-4-6-15(18)20(23)27-13(2)19(22)21-14-8-9-16-17(12-14)26-11-10-25-16/h4-9,12-13H,3,10-11H2,1-2H3,(H,21,22)/t13-,28-/m0/s1.